The summed E-state index contributed by atoms with van der Waals surface area (Å²) in [4.78, 5) is 23.4. The molecule has 0 spiro atoms. The first-order valence-electron chi connectivity index (χ1n) is 4.72. The Balaban J connectivity index is 2.67. The monoisotopic (exact) mass is 262 g/mol. The molecule has 0 amide bonds. The van der Waals surface area contributed by atoms with Gasteiger partial charge in [-0.1, -0.05) is 0 Å². The van der Waals surface area contributed by atoms with Crippen molar-refractivity contribution < 1.29 is 19.3 Å². The third-order valence-corrected chi connectivity index (χ3v) is 2.29. The third-order valence-electron chi connectivity index (χ3n) is 1.92. The van der Waals surface area contributed by atoms with Crippen LogP contribution in [0.1, 0.15) is 0 Å². The highest BCUT2D eigenvalue weighted by Crippen LogP contribution is 2.13. The maximum Gasteiger partial charge on any atom is 0.534 e. The van der Waals surface area contributed by atoms with E-state index in [2.05, 4.69) is 4.98 Å². The van der Waals surface area contributed by atoms with Gasteiger partial charge < -0.3 is 15.6 Å². The predicted octanol–water partition coefficient (Wildman–Crippen LogP) is -1.10. The standard InChI is InChI=1S/C8H12N3O5P/c9-7-1-2-11(8(13)10-7)3-6(4-12)16-5-17(14)15/h1-2,6,12H,3-5H2,(H2-,9,10,13,14,15)/p+1. The van der Waals surface area contributed by atoms with E-state index in [1.54, 1.807) is 0 Å². The van der Waals surface area contributed by atoms with E-state index in [0.717, 1.165) is 0 Å². The second kappa shape index (κ2) is 6.41. The van der Waals surface area contributed by atoms with Crippen LogP contribution in [0.2, 0.25) is 0 Å². The quantitative estimate of drug-likeness (QED) is 0.555. The van der Waals surface area contributed by atoms with Crippen LogP contribution in [0.4, 0.5) is 5.82 Å². The Morgan fingerprint density at radius 3 is 2.88 bits per heavy atom. The number of anilines is 1. The van der Waals surface area contributed by atoms with Gasteiger partial charge in [-0.15, -0.1) is 0 Å². The largest absolute Gasteiger partial charge is 0.534 e. The molecule has 0 aliphatic rings. The van der Waals surface area contributed by atoms with Crippen LogP contribution in [-0.4, -0.2) is 38.6 Å². The molecule has 1 aromatic heterocycles. The first-order chi connectivity index (χ1) is 8.02. The summed E-state index contributed by atoms with van der Waals surface area (Å²) in [7, 11) is -2.43. The fourth-order valence-corrected chi connectivity index (χ4v) is 1.47. The zero-order valence-electron chi connectivity index (χ0n) is 8.89. The van der Waals surface area contributed by atoms with E-state index in [1.165, 1.54) is 16.8 Å². The summed E-state index contributed by atoms with van der Waals surface area (Å²) in [6.45, 7) is -0.341. The Kier molecular flexibility index (Phi) is 5.17. The Hall–Kier alpha value is -1.34. The number of rotatable bonds is 6. The van der Waals surface area contributed by atoms with Crippen molar-refractivity contribution in [2.75, 3.05) is 18.7 Å². The van der Waals surface area contributed by atoms with E-state index >= 15 is 0 Å². The molecule has 0 aliphatic carbocycles. The summed E-state index contributed by atoms with van der Waals surface area (Å²) >= 11 is 0. The molecule has 1 aromatic rings. The predicted molar refractivity (Wildman–Crippen MR) is 59.6 cm³/mol. The smallest absolute Gasteiger partial charge is 0.394 e. The lowest BCUT2D eigenvalue weighted by molar-refractivity contribution is 0.0236. The van der Waals surface area contributed by atoms with Gasteiger partial charge in [0.2, 0.25) is 0 Å². The van der Waals surface area contributed by atoms with Gasteiger partial charge in [0.15, 0.2) is 0 Å². The normalized spacial score (nSPS) is 13.4. The first-order valence-corrected chi connectivity index (χ1v) is 6.11. The number of nitrogens with zero attached hydrogens (tertiary/aromatic N) is 2. The number of ether oxygens (including phenoxy) is 1. The summed E-state index contributed by atoms with van der Waals surface area (Å²) in [5.74, 6) is 0.103. The van der Waals surface area contributed by atoms with Crippen LogP contribution in [0.15, 0.2) is 17.1 Å². The molecule has 94 valence electrons. The van der Waals surface area contributed by atoms with Gasteiger partial charge in [0.1, 0.15) is 11.9 Å². The minimum absolute atomic E-state index is 0.0335. The number of nitrogens with two attached hydrogens (primary N) is 1. The third kappa shape index (κ3) is 4.58. The zero-order chi connectivity index (χ0) is 12.8. The number of hydrogen-bond donors (Lipinski definition) is 3. The molecule has 1 heterocycles. The number of hydrogen-bond acceptors (Lipinski definition) is 6. The Morgan fingerprint density at radius 1 is 1.65 bits per heavy atom. The number of aliphatic hydroxyl groups is 1. The van der Waals surface area contributed by atoms with Gasteiger partial charge in [-0.05, 0) is 10.6 Å². The van der Waals surface area contributed by atoms with E-state index in [9.17, 15) is 9.36 Å². The lowest BCUT2D eigenvalue weighted by Crippen LogP contribution is -2.31. The maximum atomic E-state index is 11.4. The van der Waals surface area contributed by atoms with Crippen LogP contribution in [0.3, 0.4) is 0 Å². The Bertz CT molecular complexity index is 449. The van der Waals surface area contributed by atoms with E-state index in [1.807, 2.05) is 0 Å². The molecule has 4 N–H and O–H groups in total. The zero-order valence-corrected chi connectivity index (χ0v) is 9.79. The minimum Gasteiger partial charge on any atom is -0.394 e. The molecule has 0 aliphatic heterocycles. The molecular weight excluding hydrogens is 249 g/mol. The molecular formula is C8H13N3O5P+. The molecule has 0 aromatic carbocycles. The SMILES string of the molecule is Nc1ccn(CC(CO)OC[P+](=O)O)c(=O)n1. The molecule has 1 rings (SSSR count). The second-order valence-electron chi connectivity index (χ2n) is 3.24. The maximum absolute atomic E-state index is 11.4. The molecule has 0 saturated heterocycles. The van der Waals surface area contributed by atoms with Crippen LogP contribution in [-0.2, 0) is 15.8 Å². The lowest BCUT2D eigenvalue weighted by atomic mass is 10.3. The molecule has 0 saturated carbocycles. The molecule has 2 unspecified atom stereocenters. The van der Waals surface area contributed by atoms with Crippen molar-refractivity contribution in [3.05, 3.63) is 22.7 Å². The summed E-state index contributed by atoms with van der Waals surface area (Å²) in [5, 5.41) is 8.98. The summed E-state index contributed by atoms with van der Waals surface area (Å²) in [6, 6.07) is 1.43. The fraction of sp³-hybridized carbons (Fsp3) is 0.500. The average molecular weight is 262 g/mol. The summed E-state index contributed by atoms with van der Waals surface area (Å²) in [5.41, 5.74) is 4.74. The van der Waals surface area contributed by atoms with Crippen LogP contribution in [0.25, 0.3) is 0 Å². The Morgan fingerprint density at radius 2 is 2.35 bits per heavy atom. The van der Waals surface area contributed by atoms with Crippen molar-refractivity contribution in [3.8, 4) is 0 Å². The van der Waals surface area contributed by atoms with Crippen molar-refractivity contribution in [1.29, 1.82) is 0 Å². The highest BCUT2D eigenvalue weighted by molar-refractivity contribution is 7.37. The van der Waals surface area contributed by atoms with E-state index in [-0.39, 0.29) is 19.0 Å². The van der Waals surface area contributed by atoms with Crippen molar-refractivity contribution in [3.63, 3.8) is 0 Å². The molecule has 0 bridgehead atoms. The van der Waals surface area contributed by atoms with Crippen molar-refractivity contribution in [2.24, 2.45) is 0 Å². The van der Waals surface area contributed by atoms with E-state index in [0.29, 0.717) is 0 Å². The van der Waals surface area contributed by atoms with Gasteiger partial charge in [-0.2, -0.15) is 9.88 Å². The van der Waals surface area contributed by atoms with Gasteiger partial charge in [0, 0.05) is 6.20 Å². The number of aliphatic hydroxyl groups excluding tert-OH is 1. The molecule has 9 heteroatoms. The van der Waals surface area contributed by atoms with Gasteiger partial charge in [0.05, 0.1) is 13.2 Å². The van der Waals surface area contributed by atoms with Crippen molar-refractivity contribution >= 4 is 13.8 Å². The van der Waals surface area contributed by atoms with Crippen molar-refractivity contribution in [1.82, 2.24) is 9.55 Å². The topological polar surface area (TPSA) is 128 Å². The summed E-state index contributed by atoms with van der Waals surface area (Å²) in [6.07, 6.45) is 0.275. The van der Waals surface area contributed by atoms with Gasteiger partial charge in [-0.25, -0.2) is 4.79 Å². The van der Waals surface area contributed by atoms with Crippen LogP contribution >= 0.6 is 8.03 Å². The van der Waals surface area contributed by atoms with E-state index < -0.39 is 26.2 Å². The molecule has 2 atom stereocenters. The Labute approximate surface area is 97.5 Å². The molecule has 0 radical (unpaired) electrons. The lowest BCUT2D eigenvalue weighted by Gasteiger charge is -2.13. The van der Waals surface area contributed by atoms with Crippen LogP contribution < -0.4 is 11.4 Å². The highest BCUT2D eigenvalue weighted by atomic mass is 31.1. The minimum atomic E-state index is -2.43. The van der Waals surface area contributed by atoms with Gasteiger partial charge in [0.25, 0.3) is 6.35 Å². The van der Waals surface area contributed by atoms with Crippen LogP contribution in [0.5, 0.6) is 0 Å². The summed E-state index contributed by atoms with van der Waals surface area (Å²) < 4.78 is 16.6. The second-order valence-corrected chi connectivity index (χ2v) is 4.20. The molecule has 17 heavy (non-hydrogen) atoms. The fourth-order valence-electron chi connectivity index (χ4n) is 1.13. The van der Waals surface area contributed by atoms with E-state index in [4.69, 9.17) is 20.5 Å². The first kappa shape index (κ1) is 13.7. The average Bonchev–Trinajstić information content (AvgIpc) is 2.26. The van der Waals surface area contributed by atoms with Gasteiger partial charge >= 0.3 is 13.7 Å². The number of nitrogen functional groups attached to an aromatic ring is 1. The highest BCUT2D eigenvalue weighted by Gasteiger charge is 2.17. The van der Waals surface area contributed by atoms with Crippen molar-refractivity contribution in [2.45, 2.75) is 12.6 Å². The number of aromatic nitrogens is 2. The van der Waals surface area contributed by atoms with Crippen LogP contribution in [0, 0.1) is 0 Å². The molecule has 8 nitrogen and oxygen atoms in total. The van der Waals surface area contributed by atoms with Gasteiger partial charge in [-0.3, -0.25) is 4.57 Å². The molecule has 0 fully saturated rings.